The molecule has 0 amide bonds. The van der Waals surface area contributed by atoms with Crippen LogP contribution in [0.4, 0.5) is 0 Å². The fraction of sp³-hybridized carbons (Fsp3) is 0.889. The summed E-state index contributed by atoms with van der Waals surface area (Å²) in [5.41, 5.74) is 5.27. The van der Waals surface area contributed by atoms with E-state index >= 15 is 0 Å². The standard InChI is InChI=1S/C27H52NO10P/c1-3-5-7-9-11-12-13-15-17-19-26(30)38-23(20-35-25(29)18-16-14-10-8-6-4-2)21-36-39(33,34)37-22-24(28)27(31)32/h23-24H,3-22,28H2,1-2H3,(H,31,32)(H,33,34). The molecule has 0 aromatic carbocycles. The monoisotopic (exact) mass is 581 g/mol. The van der Waals surface area contributed by atoms with Gasteiger partial charge in [0.25, 0.3) is 0 Å². The zero-order chi connectivity index (χ0) is 29.4. The highest BCUT2D eigenvalue weighted by atomic mass is 31.2. The maximum atomic E-state index is 12.4. The molecule has 0 rings (SSSR count). The molecule has 3 atom stereocenters. The van der Waals surface area contributed by atoms with E-state index in [1.54, 1.807) is 0 Å². The summed E-state index contributed by atoms with van der Waals surface area (Å²) in [6.45, 7) is 2.65. The SMILES string of the molecule is CCCCCCCCCCCC(=O)OC(COC(=O)CCCCCCCC)COP(=O)(O)OCC(N)C(=O)O. The number of hydrogen-bond donors (Lipinski definition) is 3. The van der Waals surface area contributed by atoms with E-state index in [1.807, 2.05) is 0 Å². The van der Waals surface area contributed by atoms with E-state index in [1.165, 1.54) is 32.1 Å². The van der Waals surface area contributed by atoms with Crippen LogP contribution in [-0.4, -0.2) is 59.9 Å². The molecule has 11 nitrogen and oxygen atoms in total. The number of unbranched alkanes of at least 4 members (excludes halogenated alkanes) is 13. The molecule has 0 aliphatic heterocycles. The first-order valence-corrected chi connectivity index (χ1v) is 16.1. The Balaban J connectivity index is 4.58. The fourth-order valence-corrected chi connectivity index (χ4v) is 4.49. The first-order chi connectivity index (χ1) is 18.6. The minimum absolute atomic E-state index is 0.165. The van der Waals surface area contributed by atoms with Crippen LogP contribution in [-0.2, 0) is 37.5 Å². The first kappa shape index (κ1) is 37.5. The lowest BCUT2D eigenvalue weighted by molar-refractivity contribution is -0.161. The number of aliphatic carboxylic acids is 1. The van der Waals surface area contributed by atoms with Crippen molar-refractivity contribution in [2.24, 2.45) is 5.73 Å². The molecule has 0 spiro atoms. The Bertz CT molecular complexity index is 706. The summed E-state index contributed by atoms with van der Waals surface area (Å²) in [6.07, 6.45) is 15.2. The van der Waals surface area contributed by atoms with Crippen molar-refractivity contribution in [3.8, 4) is 0 Å². The Morgan fingerprint density at radius 3 is 1.62 bits per heavy atom. The fourth-order valence-electron chi connectivity index (χ4n) is 3.71. The highest BCUT2D eigenvalue weighted by molar-refractivity contribution is 7.47. The minimum Gasteiger partial charge on any atom is -0.480 e. The Hall–Kier alpha value is -1.52. The van der Waals surface area contributed by atoms with Gasteiger partial charge in [-0.05, 0) is 12.8 Å². The molecule has 0 bridgehead atoms. The number of phosphoric acid groups is 1. The van der Waals surface area contributed by atoms with Gasteiger partial charge in [0.2, 0.25) is 0 Å². The number of carbonyl (C=O) groups is 3. The maximum absolute atomic E-state index is 12.4. The molecule has 3 unspecified atom stereocenters. The number of ether oxygens (including phenoxy) is 2. The van der Waals surface area contributed by atoms with Crippen molar-refractivity contribution in [2.75, 3.05) is 19.8 Å². The van der Waals surface area contributed by atoms with E-state index in [-0.39, 0.29) is 19.4 Å². The van der Waals surface area contributed by atoms with Crippen molar-refractivity contribution in [3.05, 3.63) is 0 Å². The van der Waals surface area contributed by atoms with E-state index in [0.29, 0.717) is 12.8 Å². The molecule has 0 heterocycles. The Labute approximate surface area is 234 Å². The number of phosphoric ester groups is 1. The van der Waals surface area contributed by atoms with Gasteiger partial charge in [-0.25, -0.2) is 4.57 Å². The van der Waals surface area contributed by atoms with E-state index in [4.69, 9.17) is 24.8 Å². The summed E-state index contributed by atoms with van der Waals surface area (Å²) in [7, 11) is -4.68. The average molecular weight is 582 g/mol. The third-order valence-electron chi connectivity index (χ3n) is 6.11. The Morgan fingerprint density at radius 2 is 1.13 bits per heavy atom. The lowest BCUT2D eigenvalue weighted by Gasteiger charge is -2.20. The van der Waals surface area contributed by atoms with Crippen molar-refractivity contribution < 1.29 is 47.5 Å². The van der Waals surface area contributed by atoms with Crippen molar-refractivity contribution in [3.63, 3.8) is 0 Å². The molecule has 0 saturated carbocycles. The van der Waals surface area contributed by atoms with Gasteiger partial charge < -0.3 is 25.2 Å². The number of rotatable bonds is 27. The highest BCUT2D eigenvalue weighted by Crippen LogP contribution is 2.43. The van der Waals surface area contributed by atoms with Crippen LogP contribution >= 0.6 is 7.82 Å². The second-order valence-electron chi connectivity index (χ2n) is 9.90. The predicted molar refractivity (Wildman–Crippen MR) is 148 cm³/mol. The van der Waals surface area contributed by atoms with Gasteiger partial charge in [-0.3, -0.25) is 23.4 Å². The number of esters is 2. The quantitative estimate of drug-likeness (QED) is 0.0621. The van der Waals surface area contributed by atoms with Gasteiger partial charge in [0.1, 0.15) is 12.6 Å². The largest absolute Gasteiger partial charge is 0.480 e. The molecule has 4 N–H and O–H groups in total. The summed E-state index contributed by atoms with van der Waals surface area (Å²) in [4.78, 5) is 45.1. The van der Waals surface area contributed by atoms with Crippen molar-refractivity contribution >= 4 is 25.7 Å². The zero-order valence-electron chi connectivity index (χ0n) is 24.0. The zero-order valence-corrected chi connectivity index (χ0v) is 24.9. The van der Waals surface area contributed by atoms with Gasteiger partial charge in [0.15, 0.2) is 6.10 Å². The summed E-state index contributed by atoms with van der Waals surface area (Å²) >= 11 is 0. The van der Waals surface area contributed by atoms with Crippen LogP contribution in [0.25, 0.3) is 0 Å². The number of nitrogens with two attached hydrogens (primary N) is 1. The molecule has 0 radical (unpaired) electrons. The van der Waals surface area contributed by atoms with E-state index in [0.717, 1.165) is 51.4 Å². The van der Waals surface area contributed by atoms with Gasteiger partial charge in [0.05, 0.1) is 13.2 Å². The maximum Gasteiger partial charge on any atom is 0.472 e. The first-order valence-electron chi connectivity index (χ1n) is 14.6. The molecule has 0 aromatic heterocycles. The van der Waals surface area contributed by atoms with Crippen molar-refractivity contribution in [1.29, 1.82) is 0 Å². The second-order valence-corrected chi connectivity index (χ2v) is 11.3. The average Bonchev–Trinajstić information content (AvgIpc) is 2.89. The summed E-state index contributed by atoms with van der Waals surface area (Å²) < 4.78 is 32.1. The number of carbonyl (C=O) groups excluding carboxylic acids is 2. The van der Waals surface area contributed by atoms with Crippen LogP contribution in [0.5, 0.6) is 0 Å². The molecule has 0 aliphatic carbocycles. The van der Waals surface area contributed by atoms with Crippen molar-refractivity contribution in [2.45, 2.75) is 135 Å². The van der Waals surface area contributed by atoms with Crippen LogP contribution in [0.15, 0.2) is 0 Å². The molecule has 230 valence electrons. The lowest BCUT2D eigenvalue weighted by atomic mass is 10.1. The van der Waals surface area contributed by atoms with Gasteiger partial charge in [-0.15, -0.1) is 0 Å². The van der Waals surface area contributed by atoms with Gasteiger partial charge in [-0.2, -0.15) is 0 Å². The topological polar surface area (TPSA) is 172 Å². The van der Waals surface area contributed by atoms with E-state index in [2.05, 4.69) is 18.4 Å². The number of carboxylic acid groups (broad SMARTS) is 1. The van der Waals surface area contributed by atoms with Gasteiger partial charge in [-0.1, -0.05) is 97.3 Å². The Kier molecular flexibility index (Phi) is 23.3. The molecule has 0 aliphatic rings. The molecule has 0 aromatic rings. The summed E-state index contributed by atoms with van der Waals surface area (Å²) in [5.74, 6) is -2.39. The van der Waals surface area contributed by atoms with E-state index < -0.39 is 51.1 Å². The number of carboxylic acids is 1. The second kappa shape index (κ2) is 24.3. The predicted octanol–water partition coefficient (Wildman–Crippen LogP) is 5.66. The molecular formula is C27H52NO10P. The number of hydrogen-bond acceptors (Lipinski definition) is 9. The van der Waals surface area contributed by atoms with Crippen LogP contribution in [0.1, 0.15) is 123 Å². The van der Waals surface area contributed by atoms with Gasteiger partial charge >= 0.3 is 25.7 Å². The molecule has 0 fully saturated rings. The summed E-state index contributed by atoms with van der Waals surface area (Å²) in [6, 6.07) is -1.51. The third kappa shape index (κ3) is 24.0. The van der Waals surface area contributed by atoms with E-state index in [9.17, 15) is 23.8 Å². The van der Waals surface area contributed by atoms with Crippen molar-refractivity contribution in [1.82, 2.24) is 0 Å². The molecule has 12 heteroatoms. The minimum atomic E-state index is -4.68. The highest BCUT2D eigenvalue weighted by Gasteiger charge is 2.28. The van der Waals surface area contributed by atoms with Crippen LogP contribution in [0.3, 0.4) is 0 Å². The normalized spacial score (nSPS) is 14.4. The van der Waals surface area contributed by atoms with Crippen LogP contribution in [0, 0.1) is 0 Å². The molecular weight excluding hydrogens is 529 g/mol. The smallest absolute Gasteiger partial charge is 0.472 e. The van der Waals surface area contributed by atoms with Crippen LogP contribution in [0.2, 0.25) is 0 Å². The Morgan fingerprint density at radius 1 is 0.692 bits per heavy atom. The van der Waals surface area contributed by atoms with Crippen LogP contribution < -0.4 is 5.73 Å². The molecule has 39 heavy (non-hydrogen) atoms. The third-order valence-corrected chi connectivity index (χ3v) is 7.06. The summed E-state index contributed by atoms with van der Waals surface area (Å²) in [5, 5.41) is 8.77. The molecule has 0 saturated heterocycles. The van der Waals surface area contributed by atoms with Gasteiger partial charge in [0, 0.05) is 12.8 Å². The lowest BCUT2D eigenvalue weighted by Crippen LogP contribution is -2.34.